The number of hydrogen-bond acceptors (Lipinski definition) is 5. The van der Waals surface area contributed by atoms with Gasteiger partial charge in [-0.1, -0.05) is 51.4 Å². The monoisotopic (exact) mass is 358 g/mol. The van der Waals surface area contributed by atoms with Crippen LogP contribution in [0.1, 0.15) is 64.9 Å². The van der Waals surface area contributed by atoms with Gasteiger partial charge < -0.3 is 9.15 Å². The first-order valence-electron chi connectivity index (χ1n) is 9.27. The molecular formula is C20H26N2O4. The molecule has 0 amide bonds. The number of rotatable bonds is 8. The van der Waals surface area contributed by atoms with Crippen molar-refractivity contribution < 1.29 is 9.15 Å². The summed E-state index contributed by atoms with van der Waals surface area (Å²) in [7, 11) is 0. The van der Waals surface area contributed by atoms with Gasteiger partial charge in [-0.3, -0.25) is 9.78 Å². The molecule has 0 spiro atoms. The van der Waals surface area contributed by atoms with E-state index in [-0.39, 0.29) is 17.3 Å². The smallest absolute Gasteiger partial charge is 0.337 e. The van der Waals surface area contributed by atoms with Gasteiger partial charge in [-0.25, -0.2) is 4.79 Å². The molecule has 1 N–H and O–H groups in total. The molecule has 6 heteroatoms. The third-order valence-electron chi connectivity index (χ3n) is 4.00. The van der Waals surface area contributed by atoms with Gasteiger partial charge in [0.2, 0.25) is 5.71 Å². The lowest BCUT2D eigenvalue weighted by atomic mass is 10.0. The van der Waals surface area contributed by atoms with Gasteiger partial charge in [-0.05, 0) is 25.3 Å². The molecule has 0 saturated carbocycles. The van der Waals surface area contributed by atoms with E-state index in [1.807, 2.05) is 6.92 Å². The van der Waals surface area contributed by atoms with Gasteiger partial charge in [-0.2, -0.15) is 4.98 Å². The molecule has 1 unspecified atom stereocenters. The van der Waals surface area contributed by atoms with Crippen molar-refractivity contribution in [3.8, 4) is 17.9 Å². The van der Waals surface area contributed by atoms with Crippen molar-refractivity contribution in [1.82, 2.24) is 9.97 Å². The minimum absolute atomic E-state index is 0.00338. The predicted molar refractivity (Wildman–Crippen MR) is 102 cm³/mol. The Morgan fingerprint density at radius 3 is 2.73 bits per heavy atom. The first kappa shape index (κ1) is 19.8. The zero-order valence-corrected chi connectivity index (χ0v) is 15.7. The normalized spacial score (nSPS) is 11.8. The second kappa shape index (κ2) is 9.81. The Labute approximate surface area is 153 Å². The Bertz CT molecular complexity index is 902. The largest absolute Gasteiger partial charge is 0.448 e. The van der Waals surface area contributed by atoms with E-state index in [0.29, 0.717) is 23.8 Å². The van der Waals surface area contributed by atoms with Crippen LogP contribution in [-0.4, -0.2) is 16.1 Å². The third kappa shape index (κ3) is 5.48. The van der Waals surface area contributed by atoms with Crippen LogP contribution >= 0.6 is 0 Å². The zero-order chi connectivity index (χ0) is 18.9. The highest BCUT2D eigenvalue weighted by Crippen LogP contribution is 2.16. The van der Waals surface area contributed by atoms with Crippen molar-refractivity contribution in [2.45, 2.75) is 71.8 Å². The molecule has 2 rings (SSSR count). The number of aromatic nitrogens is 2. The molecule has 6 nitrogen and oxygen atoms in total. The Morgan fingerprint density at radius 1 is 1.23 bits per heavy atom. The van der Waals surface area contributed by atoms with Crippen LogP contribution in [0.3, 0.4) is 0 Å². The van der Waals surface area contributed by atoms with Gasteiger partial charge in [0.15, 0.2) is 6.10 Å². The average molecular weight is 358 g/mol. The van der Waals surface area contributed by atoms with Crippen molar-refractivity contribution in [3.05, 3.63) is 32.4 Å². The fourth-order valence-electron chi connectivity index (χ4n) is 2.74. The summed E-state index contributed by atoms with van der Waals surface area (Å²) in [6, 6.07) is 1.39. The molecule has 1 atom stereocenters. The second-order valence-electron chi connectivity index (χ2n) is 6.24. The minimum atomic E-state index is -0.510. The van der Waals surface area contributed by atoms with Gasteiger partial charge in [0.05, 0.1) is 0 Å². The van der Waals surface area contributed by atoms with E-state index < -0.39 is 11.7 Å². The van der Waals surface area contributed by atoms with Crippen LogP contribution in [-0.2, 0) is 6.42 Å². The number of hydrogen-bond donors (Lipinski definition) is 1. The van der Waals surface area contributed by atoms with Crippen LogP contribution in [0.5, 0.6) is 6.01 Å². The van der Waals surface area contributed by atoms with E-state index in [9.17, 15) is 9.59 Å². The molecule has 140 valence electrons. The molecule has 0 saturated heterocycles. The highest BCUT2D eigenvalue weighted by molar-refractivity contribution is 5.75. The van der Waals surface area contributed by atoms with Gasteiger partial charge >= 0.3 is 11.6 Å². The second-order valence-corrected chi connectivity index (χ2v) is 6.24. The lowest BCUT2D eigenvalue weighted by Crippen LogP contribution is -2.18. The molecule has 0 aliphatic heterocycles. The van der Waals surface area contributed by atoms with Crippen LogP contribution in [0.2, 0.25) is 0 Å². The number of ether oxygens (including phenoxy) is 1. The predicted octanol–water partition coefficient (Wildman–Crippen LogP) is 3.57. The molecular weight excluding hydrogens is 332 g/mol. The minimum Gasteiger partial charge on any atom is -0.448 e. The van der Waals surface area contributed by atoms with Gasteiger partial charge in [0.25, 0.3) is 5.56 Å². The molecule has 0 radical (unpaired) electrons. The standard InChI is InChI=1S/C20H26N2O4/c1-4-6-8-9-10-12-15-13-16(23)26-19-17(15)18(24)21-20(22-19)25-14(3)11-7-5-2/h13-14H,4-6,8-10,12H2,1-3H3,(H,21,22,24). The molecule has 0 aliphatic rings. The van der Waals surface area contributed by atoms with Crippen molar-refractivity contribution in [2.75, 3.05) is 0 Å². The quantitative estimate of drug-likeness (QED) is 0.576. The number of fused-ring (bicyclic) bond motifs is 1. The van der Waals surface area contributed by atoms with E-state index in [4.69, 9.17) is 9.15 Å². The third-order valence-corrected chi connectivity index (χ3v) is 4.00. The van der Waals surface area contributed by atoms with Gasteiger partial charge in [0, 0.05) is 12.5 Å². The highest BCUT2D eigenvalue weighted by atomic mass is 16.5. The topological polar surface area (TPSA) is 85.2 Å². The first-order valence-corrected chi connectivity index (χ1v) is 9.27. The van der Waals surface area contributed by atoms with Gasteiger partial charge in [-0.15, -0.1) is 0 Å². The van der Waals surface area contributed by atoms with Crippen molar-refractivity contribution in [2.24, 2.45) is 0 Å². The lowest BCUT2D eigenvalue weighted by molar-refractivity contribution is 0.255. The van der Waals surface area contributed by atoms with Crippen LogP contribution in [0.25, 0.3) is 11.1 Å². The molecule has 0 fully saturated rings. The van der Waals surface area contributed by atoms with Crippen molar-refractivity contribution in [1.29, 1.82) is 0 Å². The summed E-state index contributed by atoms with van der Waals surface area (Å²) < 4.78 is 10.6. The molecule has 0 aliphatic carbocycles. The van der Waals surface area contributed by atoms with Crippen LogP contribution < -0.4 is 15.9 Å². The van der Waals surface area contributed by atoms with E-state index in [1.165, 1.54) is 18.9 Å². The zero-order valence-electron chi connectivity index (χ0n) is 15.7. The maximum atomic E-state index is 12.5. The number of aromatic amines is 1. The maximum absolute atomic E-state index is 12.5. The molecule has 0 bridgehead atoms. The number of nitrogens with zero attached hydrogens (tertiary/aromatic N) is 1. The Morgan fingerprint density at radius 2 is 2.00 bits per heavy atom. The number of unbranched alkanes of at least 4 members (excludes halogenated alkanes) is 4. The summed E-state index contributed by atoms with van der Waals surface area (Å²) in [5.41, 5.74) is -0.195. The summed E-state index contributed by atoms with van der Waals surface area (Å²) in [4.78, 5) is 31.1. The van der Waals surface area contributed by atoms with Crippen LogP contribution in [0.15, 0.2) is 20.1 Å². The maximum Gasteiger partial charge on any atom is 0.337 e. The molecule has 2 aromatic rings. The first-order chi connectivity index (χ1) is 12.5. The summed E-state index contributed by atoms with van der Waals surface area (Å²) in [6.07, 6.45) is 6.43. The average Bonchev–Trinajstić information content (AvgIpc) is 2.59. The number of H-pyrrole nitrogens is 1. The van der Waals surface area contributed by atoms with E-state index in [1.54, 1.807) is 6.92 Å². The molecule has 0 aromatic carbocycles. The summed E-state index contributed by atoms with van der Waals surface area (Å²) in [5, 5.41) is 0.319. The summed E-state index contributed by atoms with van der Waals surface area (Å²) in [5.74, 6) is 5.80. The molecule has 2 aromatic heterocycles. The SMILES string of the molecule is CCC#CC(C)Oc1nc2oc(=O)cc(CCCCCCC)c2c(=O)[nH]1. The van der Waals surface area contributed by atoms with Crippen LogP contribution in [0.4, 0.5) is 0 Å². The Balaban J connectivity index is 2.27. The highest BCUT2D eigenvalue weighted by Gasteiger charge is 2.14. The fourth-order valence-corrected chi connectivity index (χ4v) is 2.74. The van der Waals surface area contributed by atoms with Crippen LogP contribution in [0, 0.1) is 11.8 Å². The molecule has 26 heavy (non-hydrogen) atoms. The van der Waals surface area contributed by atoms with Crippen molar-refractivity contribution in [3.63, 3.8) is 0 Å². The van der Waals surface area contributed by atoms with E-state index >= 15 is 0 Å². The summed E-state index contributed by atoms with van der Waals surface area (Å²) >= 11 is 0. The number of nitrogens with one attached hydrogen (secondary N) is 1. The Kier molecular flexibility index (Phi) is 7.46. The Hall–Kier alpha value is -2.55. The summed E-state index contributed by atoms with van der Waals surface area (Å²) in [6.45, 7) is 5.86. The van der Waals surface area contributed by atoms with E-state index in [0.717, 1.165) is 19.3 Å². The lowest BCUT2D eigenvalue weighted by Gasteiger charge is -2.09. The van der Waals surface area contributed by atoms with Gasteiger partial charge in [0.1, 0.15) is 5.39 Å². The molecule has 2 heterocycles. The number of aryl methyl sites for hydroxylation is 1. The van der Waals surface area contributed by atoms with E-state index in [2.05, 4.69) is 28.7 Å². The van der Waals surface area contributed by atoms with Crippen molar-refractivity contribution >= 4 is 11.1 Å². The fraction of sp³-hybridized carbons (Fsp3) is 0.550.